The maximum atomic E-state index is 10.0. The summed E-state index contributed by atoms with van der Waals surface area (Å²) in [5, 5.41) is 3.52. The quantitative estimate of drug-likeness (QED) is 0.406. The lowest BCUT2D eigenvalue weighted by molar-refractivity contribution is -0.108. The van der Waals surface area contributed by atoms with Crippen molar-refractivity contribution in [3.8, 4) is 0 Å². The molecule has 2 unspecified atom stereocenters. The number of carbonyl (C=O) groups excluding carboxylic acids is 1. The van der Waals surface area contributed by atoms with E-state index in [1.54, 1.807) is 0 Å². The van der Waals surface area contributed by atoms with Crippen LogP contribution in [0.25, 0.3) is 0 Å². The summed E-state index contributed by atoms with van der Waals surface area (Å²) in [4.78, 5) is 10.0. The molecule has 0 fully saturated rings. The highest BCUT2D eigenvalue weighted by Gasteiger charge is 2.08. The number of aldehydes is 1. The van der Waals surface area contributed by atoms with Crippen LogP contribution in [-0.2, 0) is 11.3 Å². The third-order valence-electron chi connectivity index (χ3n) is 5.09. The van der Waals surface area contributed by atoms with Crippen molar-refractivity contribution >= 4 is 6.29 Å². The molecule has 2 aliphatic carbocycles. The molecule has 136 valence electrons. The van der Waals surface area contributed by atoms with E-state index in [0.29, 0.717) is 5.92 Å². The summed E-state index contributed by atoms with van der Waals surface area (Å²) >= 11 is 0. The molecule has 0 aliphatic heterocycles. The molecule has 25 heavy (non-hydrogen) atoms. The van der Waals surface area contributed by atoms with Gasteiger partial charge in [0.25, 0.3) is 0 Å². The third-order valence-corrected chi connectivity index (χ3v) is 5.09. The Balaban J connectivity index is 0.000000212. The first-order valence-electron chi connectivity index (χ1n) is 9.86. The maximum absolute atomic E-state index is 10.0. The van der Waals surface area contributed by atoms with E-state index >= 15 is 0 Å². The zero-order valence-corrected chi connectivity index (χ0v) is 15.4. The van der Waals surface area contributed by atoms with Gasteiger partial charge in [0.05, 0.1) is 0 Å². The van der Waals surface area contributed by atoms with Crippen molar-refractivity contribution in [2.75, 3.05) is 6.54 Å². The second kappa shape index (κ2) is 12.7. The fourth-order valence-electron chi connectivity index (χ4n) is 3.46. The Kier molecular flexibility index (Phi) is 9.95. The predicted octanol–water partition coefficient (Wildman–Crippen LogP) is 5.45. The Bertz CT molecular complexity index is 520. The molecule has 0 saturated heterocycles. The normalized spacial score (nSPS) is 22.1. The average molecular weight is 340 g/mol. The lowest BCUT2D eigenvalue weighted by atomic mass is 9.91. The highest BCUT2D eigenvalue weighted by Crippen LogP contribution is 2.21. The first-order chi connectivity index (χ1) is 12.4. The molecule has 3 rings (SSSR count). The molecule has 2 nitrogen and oxygen atoms in total. The first kappa shape index (κ1) is 19.7. The van der Waals surface area contributed by atoms with Crippen LogP contribution in [-0.4, -0.2) is 12.8 Å². The smallest absolute Gasteiger partial charge is 0.120 e. The van der Waals surface area contributed by atoms with Gasteiger partial charge in [-0.1, -0.05) is 54.6 Å². The Labute approximate surface area is 153 Å². The second-order valence-electron chi connectivity index (χ2n) is 7.15. The van der Waals surface area contributed by atoms with Crippen LogP contribution in [0.15, 0.2) is 54.6 Å². The summed E-state index contributed by atoms with van der Waals surface area (Å²) in [6.07, 6.45) is 19.6. The van der Waals surface area contributed by atoms with Gasteiger partial charge in [0.1, 0.15) is 6.29 Å². The SMILES string of the molecule is C1=CCC(CCNCc2ccccc2)CC1.O=CCC1CC=CCC1. The molecule has 0 bridgehead atoms. The topological polar surface area (TPSA) is 29.1 Å². The van der Waals surface area contributed by atoms with Crippen LogP contribution in [0.1, 0.15) is 56.9 Å². The fourth-order valence-corrected chi connectivity index (χ4v) is 3.46. The summed E-state index contributed by atoms with van der Waals surface area (Å²) in [6, 6.07) is 10.6. The minimum Gasteiger partial charge on any atom is -0.313 e. The zero-order valence-electron chi connectivity index (χ0n) is 15.4. The van der Waals surface area contributed by atoms with Crippen molar-refractivity contribution < 1.29 is 4.79 Å². The second-order valence-corrected chi connectivity index (χ2v) is 7.15. The molecule has 0 heterocycles. The summed E-state index contributed by atoms with van der Waals surface area (Å²) < 4.78 is 0. The molecule has 0 amide bonds. The number of hydrogen-bond acceptors (Lipinski definition) is 2. The van der Waals surface area contributed by atoms with E-state index in [2.05, 4.69) is 60.0 Å². The lowest BCUT2D eigenvalue weighted by Crippen LogP contribution is -2.18. The molecular formula is C23H33NO. The largest absolute Gasteiger partial charge is 0.313 e. The third kappa shape index (κ3) is 8.83. The van der Waals surface area contributed by atoms with Gasteiger partial charge in [-0.2, -0.15) is 0 Å². The summed E-state index contributed by atoms with van der Waals surface area (Å²) in [6.45, 7) is 2.15. The van der Waals surface area contributed by atoms with Gasteiger partial charge >= 0.3 is 0 Å². The number of benzene rings is 1. The minimum atomic E-state index is 0.646. The van der Waals surface area contributed by atoms with Crippen LogP contribution >= 0.6 is 0 Å². The van der Waals surface area contributed by atoms with Crippen LogP contribution < -0.4 is 5.32 Å². The molecule has 2 aliphatic rings. The van der Waals surface area contributed by atoms with E-state index in [0.717, 1.165) is 38.1 Å². The summed E-state index contributed by atoms with van der Waals surface area (Å²) in [7, 11) is 0. The Morgan fingerprint density at radius 2 is 1.60 bits per heavy atom. The molecule has 0 aromatic heterocycles. The number of allylic oxidation sites excluding steroid dienone is 4. The van der Waals surface area contributed by atoms with Crippen molar-refractivity contribution in [1.82, 2.24) is 5.32 Å². The van der Waals surface area contributed by atoms with E-state index in [-0.39, 0.29) is 0 Å². The maximum Gasteiger partial charge on any atom is 0.120 e. The standard InChI is InChI=1S/C15H21N.C8H12O/c1-3-7-14(8-4-1)11-12-16-13-15-9-5-2-6-10-15;9-7-6-8-4-2-1-3-5-8/h1-3,5-6,9-10,14,16H,4,7-8,11-13H2;1-2,7-8H,3-6H2. The van der Waals surface area contributed by atoms with Gasteiger partial charge in [-0.3, -0.25) is 0 Å². The van der Waals surface area contributed by atoms with Crippen molar-refractivity contribution in [3.63, 3.8) is 0 Å². The lowest BCUT2D eigenvalue weighted by Gasteiger charge is -2.17. The molecular weight excluding hydrogens is 306 g/mol. The van der Waals surface area contributed by atoms with Crippen LogP contribution in [0, 0.1) is 11.8 Å². The van der Waals surface area contributed by atoms with Crippen molar-refractivity contribution in [1.29, 1.82) is 0 Å². The van der Waals surface area contributed by atoms with E-state index in [1.165, 1.54) is 44.1 Å². The van der Waals surface area contributed by atoms with Crippen molar-refractivity contribution in [3.05, 3.63) is 60.2 Å². The number of carbonyl (C=O) groups is 1. The number of nitrogens with one attached hydrogen (secondary N) is 1. The number of rotatable bonds is 7. The minimum absolute atomic E-state index is 0.646. The molecule has 2 heteroatoms. The highest BCUT2D eigenvalue weighted by atomic mass is 16.1. The molecule has 0 saturated carbocycles. The van der Waals surface area contributed by atoms with E-state index in [4.69, 9.17) is 0 Å². The van der Waals surface area contributed by atoms with Gasteiger partial charge in [-0.25, -0.2) is 0 Å². The molecule has 2 atom stereocenters. The van der Waals surface area contributed by atoms with Crippen molar-refractivity contribution in [2.45, 2.75) is 57.9 Å². The van der Waals surface area contributed by atoms with Crippen LogP contribution in [0.4, 0.5) is 0 Å². The van der Waals surface area contributed by atoms with E-state index < -0.39 is 0 Å². The molecule has 1 aromatic carbocycles. The molecule has 0 radical (unpaired) electrons. The van der Waals surface area contributed by atoms with E-state index in [1.807, 2.05) is 0 Å². The Hall–Kier alpha value is -1.67. The Morgan fingerprint density at radius 1 is 0.920 bits per heavy atom. The summed E-state index contributed by atoms with van der Waals surface area (Å²) in [5.74, 6) is 1.56. The first-order valence-corrected chi connectivity index (χ1v) is 9.86. The van der Waals surface area contributed by atoms with Crippen molar-refractivity contribution in [2.24, 2.45) is 11.8 Å². The highest BCUT2D eigenvalue weighted by molar-refractivity contribution is 5.49. The Morgan fingerprint density at radius 3 is 2.20 bits per heavy atom. The molecule has 1 aromatic rings. The van der Waals surface area contributed by atoms with Gasteiger partial charge in [-0.15, -0.1) is 0 Å². The van der Waals surface area contributed by atoms with Gasteiger partial charge in [0.2, 0.25) is 0 Å². The van der Waals surface area contributed by atoms with Crippen LogP contribution in [0.3, 0.4) is 0 Å². The summed E-state index contributed by atoms with van der Waals surface area (Å²) in [5.41, 5.74) is 1.38. The molecule has 0 spiro atoms. The zero-order chi connectivity index (χ0) is 17.6. The van der Waals surface area contributed by atoms with Gasteiger partial charge < -0.3 is 10.1 Å². The van der Waals surface area contributed by atoms with Gasteiger partial charge in [0, 0.05) is 13.0 Å². The van der Waals surface area contributed by atoms with Gasteiger partial charge in [0.15, 0.2) is 0 Å². The van der Waals surface area contributed by atoms with E-state index in [9.17, 15) is 4.79 Å². The number of hydrogen-bond donors (Lipinski definition) is 1. The van der Waals surface area contributed by atoms with Crippen LogP contribution in [0.2, 0.25) is 0 Å². The van der Waals surface area contributed by atoms with Crippen LogP contribution in [0.5, 0.6) is 0 Å². The monoisotopic (exact) mass is 339 g/mol. The van der Waals surface area contributed by atoms with Gasteiger partial charge in [-0.05, 0) is 68.9 Å². The average Bonchev–Trinajstić information content (AvgIpc) is 2.69. The predicted molar refractivity (Wildman–Crippen MR) is 106 cm³/mol. The molecule has 1 N–H and O–H groups in total. The fraction of sp³-hybridized carbons (Fsp3) is 0.522.